The van der Waals surface area contributed by atoms with Crippen LogP contribution in [0.2, 0.25) is 0 Å². The predicted molar refractivity (Wildman–Crippen MR) is 199 cm³/mol. The van der Waals surface area contributed by atoms with E-state index in [0.29, 0.717) is 10.9 Å². The van der Waals surface area contributed by atoms with E-state index in [4.69, 9.17) is 0 Å². The lowest BCUT2D eigenvalue weighted by atomic mass is 9.82. The largest absolute Gasteiger partial charge is 0.206 e. The lowest BCUT2D eigenvalue weighted by molar-refractivity contribution is 0.448. The van der Waals surface area contributed by atoms with E-state index in [9.17, 15) is 17.6 Å². The molecule has 0 saturated heterocycles. The van der Waals surface area contributed by atoms with E-state index in [1.165, 1.54) is 0 Å². The summed E-state index contributed by atoms with van der Waals surface area (Å²) in [5, 5.41) is 11.5. The summed E-state index contributed by atoms with van der Waals surface area (Å²) in [4.78, 5) is 0. The molecule has 10 aromatic rings. The van der Waals surface area contributed by atoms with Crippen LogP contribution in [-0.4, -0.2) is 0 Å². The smallest absolute Gasteiger partial charge is 0.194 e. The lowest BCUT2D eigenvalue weighted by Gasteiger charge is -2.21. The highest BCUT2D eigenvalue weighted by atomic mass is 19.2. The third-order valence-corrected chi connectivity index (χ3v) is 10.3. The van der Waals surface area contributed by atoms with Crippen LogP contribution in [0.25, 0.3) is 98.0 Å². The highest BCUT2D eigenvalue weighted by Gasteiger charge is 2.22. The van der Waals surface area contributed by atoms with Crippen LogP contribution in [0.4, 0.5) is 17.6 Å². The molecule has 0 aliphatic carbocycles. The SMILES string of the molecule is Fc1cc(-c2c3ccccc3c(-c3ccc4ccc5c(-c6ccc(F)c7ccccc67)ccc6ccc3c4c65)c3ccccc23)cc(F)c1F. The van der Waals surface area contributed by atoms with Gasteiger partial charge in [0, 0.05) is 5.39 Å². The van der Waals surface area contributed by atoms with Crippen molar-refractivity contribution in [2.45, 2.75) is 0 Å². The average Bonchev–Trinajstić information content (AvgIpc) is 3.15. The van der Waals surface area contributed by atoms with E-state index in [1.54, 1.807) is 6.07 Å². The van der Waals surface area contributed by atoms with Gasteiger partial charge in [0.25, 0.3) is 0 Å². The van der Waals surface area contributed by atoms with E-state index in [1.807, 2.05) is 78.9 Å². The molecule has 4 heteroatoms. The van der Waals surface area contributed by atoms with Gasteiger partial charge in [-0.05, 0) is 111 Å². The zero-order chi connectivity index (χ0) is 33.7. The van der Waals surface area contributed by atoms with Gasteiger partial charge in [-0.15, -0.1) is 0 Å². The van der Waals surface area contributed by atoms with Crippen LogP contribution in [0.15, 0.2) is 146 Å². The molecular formula is C46H24F4. The minimum absolute atomic E-state index is 0.244. The van der Waals surface area contributed by atoms with Crippen LogP contribution in [0.3, 0.4) is 0 Å². The standard InChI is InChI=1S/C46H24F4/c47-39-22-21-29(28-7-1-2-8-31(28)39)30-17-13-25-15-19-37-38(20-16-26-14-18-36(30)43(25)44(26)37)45-34-11-5-3-9-32(34)42(33-10-4-6-12-35(33)45)27-23-40(48)46(50)41(49)24-27/h1-24H. The maximum atomic E-state index is 14.9. The number of fused-ring (bicyclic) bond motifs is 3. The lowest BCUT2D eigenvalue weighted by Crippen LogP contribution is -1.95. The van der Waals surface area contributed by atoms with Gasteiger partial charge in [0.2, 0.25) is 0 Å². The summed E-state index contributed by atoms with van der Waals surface area (Å²) in [7, 11) is 0. The third kappa shape index (κ3) is 3.99. The van der Waals surface area contributed by atoms with Crippen LogP contribution in [0.5, 0.6) is 0 Å². The topological polar surface area (TPSA) is 0 Å². The van der Waals surface area contributed by atoms with E-state index in [2.05, 4.69) is 48.5 Å². The van der Waals surface area contributed by atoms with Gasteiger partial charge >= 0.3 is 0 Å². The molecule has 10 aromatic carbocycles. The maximum Gasteiger partial charge on any atom is 0.194 e. The minimum atomic E-state index is -1.48. The fourth-order valence-electron chi connectivity index (χ4n) is 8.18. The first-order chi connectivity index (χ1) is 24.5. The number of halogens is 4. The first-order valence-corrected chi connectivity index (χ1v) is 16.4. The second kappa shape index (κ2) is 10.6. The van der Waals surface area contributed by atoms with E-state index >= 15 is 0 Å². The molecule has 236 valence electrons. The molecule has 0 aliphatic rings. The Balaban J connectivity index is 1.31. The summed E-state index contributed by atoms with van der Waals surface area (Å²) in [5.41, 5.74) is 4.96. The summed E-state index contributed by atoms with van der Waals surface area (Å²) in [6.07, 6.45) is 0. The molecule has 0 heterocycles. The van der Waals surface area contributed by atoms with Crippen LogP contribution < -0.4 is 0 Å². The van der Waals surface area contributed by atoms with Crippen molar-refractivity contribution in [3.05, 3.63) is 169 Å². The number of hydrogen-bond donors (Lipinski definition) is 0. The van der Waals surface area contributed by atoms with Crippen molar-refractivity contribution in [1.82, 2.24) is 0 Å². The summed E-state index contributed by atoms with van der Waals surface area (Å²) >= 11 is 0. The Labute approximate surface area is 283 Å². The Morgan fingerprint density at radius 3 is 1.30 bits per heavy atom. The Morgan fingerprint density at radius 1 is 0.300 bits per heavy atom. The molecule has 10 rings (SSSR count). The summed E-state index contributed by atoms with van der Waals surface area (Å²) in [6, 6.07) is 46.1. The van der Waals surface area contributed by atoms with Gasteiger partial charge in [-0.2, -0.15) is 0 Å². The molecular weight excluding hydrogens is 628 g/mol. The maximum absolute atomic E-state index is 14.9. The fourth-order valence-corrected chi connectivity index (χ4v) is 8.18. The molecule has 0 radical (unpaired) electrons. The van der Waals surface area contributed by atoms with Gasteiger partial charge in [-0.1, -0.05) is 127 Å². The van der Waals surface area contributed by atoms with E-state index in [-0.39, 0.29) is 11.4 Å². The molecule has 0 N–H and O–H groups in total. The summed E-state index contributed by atoms with van der Waals surface area (Å²) in [5.74, 6) is -4.18. The molecule has 0 aromatic heterocycles. The van der Waals surface area contributed by atoms with Crippen molar-refractivity contribution < 1.29 is 17.6 Å². The van der Waals surface area contributed by atoms with Gasteiger partial charge in [0.15, 0.2) is 17.5 Å². The summed E-state index contributed by atoms with van der Waals surface area (Å²) in [6.45, 7) is 0. The van der Waals surface area contributed by atoms with Gasteiger partial charge < -0.3 is 0 Å². The molecule has 0 nitrogen and oxygen atoms in total. The molecule has 0 atom stereocenters. The van der Waals surface area contributed by atoms with Crippen LogP contribution in [-0.2, 0) is 0 Å². The van der Waals surface area contributed by atoms with E-state index < -0.39 is 17.5 Å². The van der Waals surface area contributed by atoms with Gasteiger partial charge in [-0.3, -0.25) is 0 Å². The first kappa shape index (κ1) is 28.7. The highest BCUT2D eigenvalue weighted by Crippen LogP contribution is 2.48. The Hall–Kier alpha value is -6.26. The molecule has 0 unspecified atom stereocenters. The molecule has 0 aliphatic heterocycles. The number of rotatable bonds is 3. The van der Waals surface area contributed by atoms with Crippen LogP contribution in [0, 0.1) is 23.3 Å². The average molecular weight is 653 g/mol. The number of hydrogen-bond acceptors (Lipinski definition) is 0. The van der Waals surface area contributed by atoms with Crippen molar-refractivity contribution in [2.75, 3.05) is 0 Å². The Morgan fingerprint density at radius 2 is 0.720 bits per heavy atom. The zero-order valence-corrected chi connectivity index (χ0v) is 26.4. The second-order valence-corrected chi connectivity index (χ2v) is 12.9. The minimum Gasteiger partial charge on any atom is -0.206 e. The van der Waals surface area contributed by atoms with Crippen molar-refractivity contribution in [3.63, 3.8) is 0 Å². The van der Waals surface area contributed by atoms with Crippen molar-refractivity contribution in [3.8, 4) is 33.4 Å². The molecule has 50 heavy (non-hydrogen) atoms. The zero-order valence-electron chi connectivity index (χ0n) is 26.4. The molecule has 0 amide bonds. The monoisotopic (exact) mass is 652 g/mol. The first-order valence-electron chi connectivity index (χ1n) is 16.4. The van der Waals surface area contributed by atoms with Gasteiger partial charge in [0.05, 0.1) is 0 Å². The van der Waals surface area contributed by atoms with Crippen molar-refractivity contribution >= 4 is 64.6 Å². The Kier molecular flexibility index (Phi) is 6.10. The van der Waals surface area contributed by atoms with Crippen molar-refractivity contribution in [1.29, 1.82) is 0 Å². The quantitative estimate of drug-likeness (QED) is 0.0771. The third-order valence-electron chi connectivity index (χ3n) is 10.3. The van der Waals surface area contributed by atoms with Gasteiger partial charge in [0.1, 0.15) is 5.82 Å². The number of benzene rings is 10. The molecule has 0 fully saturated rings. The highest BCUT2D eigenvalue weighted by molar-refractivity contribution is 6.31. The summed E-state index contributed by atoms with van der Waals surface area (Å²) < 4.78 is 58.3. The van der Waals surface area contributed by atoms with Crippen LogP contribution >= 0.6 is 0 Å². The molecule has 0 bridgehead atoms. The molecule has 0 spiro atoms. The second-order valence-electron chi connectivity index (χ2n) is 12.9. The van der Waals surface area contributed by atoms with Crippen LogP contribution in [0.1, 0.15) is 0 Å². The van der Waals surface area contributed by atoms with E-state index in [0.717, 1.165) is 93.6 Å². The van der Waals surface area contributed by atoms with Crippen molar-refractivity contribution in [2.24, 2.45) is 0 Å². The van der Waals surface area contributed by atoms with Gasteiger partial charge in [-0.25, -0.2) is 17.6 Å². The predicted octanol–water partition coefficient (Wildman–Crippen LogP) is 13.6. The fraction of sp³-hybridized carbons (Fsp3) is 0. The Bertz CT molecular complexity index is 2950. The normalized spacial score (nSPS) is 12.0. The molecule has 0 saturated carbocycles.